The molecule has 0 amide bonds. The molecule has 1 N–H and O–H groups in total. The molecule has 2 saturated heterocycles. The summed E-state index contributed by atoms with van der Waals surface area (Å²) in [5.41, 5.74) is 1.19. The van der Waals surface area contributed by atoms with Crippen molar-refractivity contribution < 1.29 is 19.3 Å². The van der Waals surface area contributed by atoms with E-state index >= 15 is 0 Å². The van der Waals surface area contributed by atoms with Crippen LogP contribution in [0, 0.1) is 0 Å². The Morgan fingerprint density at radius 1 is 1.09 bits per heavy atom. The average molecular weight is 320 g/mol. The van der Waals surface area contributed by atoms with E-state index in [9.17, 15) is 5.11 Å². The molecule has 0 aliphatic carbocycles. The Kier molecular flexibility index (Phi) is 6.46. The van der Waals surface area contributed by atoms with E-state index in [1.165, 1.54) is 5.56 Å². The van der Waals surface area contributed by atoms with Gasteiger partial charge >= 0.3 is 0 Å². The van der Waals surface area contributed by atoms with Gasteiger partial charge in [-0.05, 0) is 44.1 Å². The predicted molar refractivity (Wildman–Crippen MR) is 88.2 cm³/mol. The van der Waals surface area contributed by atoms with E-state index in [0.29, 0.717) is 13.2 Å². The fourth-order valence-electron chi connectivity index (χ4n) is 3.48. The zero-order chi connectivity index (χ0) is 15.9. The highest BCUT2D eigenvalue weighted by molar-refractivity contribution is 5.13. The third-order valence-electron chi connectivity index (χ3n) is 4.79. The molecule has 2 heterocycles. The number of benzene rings is 1. The van der Waals surface area contributed by atoms with Crippen LogP contribution in [0.15, 0.2) is 30.3 Å². The summed E-state index contributed by atoms with van der Waals surface area (Å²) >= 11 is 0. The fraction of sp³-hybridized carbons (Fsp3) is 0.684. The first-order valence-electron chi connectivity index (χ1n) is 8.90. The molecular formula is C19H28O4. The molecule has 23 heavy (non-hydrogen) atoms. The van der Waals surface area contributed by atoms with Gasteiger partial charge in [0.2, 0.25) is 0 Å². The number of hydrogen-bond acceptors (Lipinski definition) is 4. The predicted octanol–water partition coefficient (Wildman–Crippen LogP) is 3.07. The summed E-state index contributed by atoms with van der Waals surface area (Å²) in [6.45, 7) is 2.18. The van der Waals surface area contributed by atoms with E-state index in [-0.39, 0.29) is 24.4 Å². The van der Waals surface area contributed by atoms with Gasteiger partial charge in [0, 0.05) is 13.2 Å². The molecule has 2 aliphatic heterocycles. The van der Waals surface area contributed by atoms with Gasteiger partial charge in [-0.15, -0.1) is 0 Å². The summed E-state index contributed by atoms with van der Waals surface area (Å²) in [7, 11) is 0. The average Bonchev–Trinajstić information content (AvgIpc) is 2.75. The largest absolute Gasteiger partial charge is 0.390 e. The lowest BCUT2D eigenvalue weighted by Gasteiger charge is -2.31. The Hall–Kier alpha value is -0.940. The zero-order valence-corrected chi connectivity index (χ0v) is 13.7. The van der Waals surface area contributed by atoms with Gasteiger partial charge in [0.1, 0.15) is 0 Å². The molecule has 2 aliphatic rings. The van der Waals surface area contributed by atoms with Gasteiger partial charge in [-0.1, -0.05) is 30.3 Å². The molecule has 0 radical (unpaired) electrons. The van der Waals surface area contributed by atoms with Crippen molar-refractivity contribution in [3.05, 3.63) is 35.9 Å². The minimum absolute atomic E-state index is 0.0768. The smallest absolute Gasteiger partial charge is 0.0842 e. The Morgan fingerprint density at radius 3 is 2.83 bits per heavy atom. The molecule has 0 saturated carbocycles. The van der Waals surface area contributed by atoms with Gasteiger partial charge in [0.15, 0.2) is 0 Å². The zero-order valence-electron chi connectivity index (χ0n) is 13.7. The van der Waals surface area contributed by atoms with Crippen molar-refractivity contribution in [2.75, 3.05) is 13.2 Å². The molecule has 128 valence electrons. The van der Waals surface area contributed by atoms with Crippen LogP contribution in [0.25, 0.3) is 0 Å². The van der Waals surface area contributed by atoms with Crippen LogP contribution in [-0.2, 0) is 20.8 Å². The van der Waals surface area contributed by atoms with Gasteiger partial charge in [0.05, 0.1) is 31.0 Å². The second-order valence-corrected chi connectivity index (χ2v) is 6.59. The van der Waals surface area contributed by atoms with E-state index in [2.05, 4.69) is 12.1 Å². The Morgan fingerprint density at radius 2 is 1.96 bits per heavy atom. The van der Waals surface area contributed by atoms with Crippen LogP contribution in [0.3, 0.4) is 0 Å². The van der Waals surface area contributed by atoms with Gasteiger partial charge in [-0.2, -0.15) is 0 Å². The molecule has 1 aromatic carbocycles. The molecule has 4 atom stereocenters. The van der Waals surface area contributed by atoms with E-state index in [0.717, 1.165) is 45.1 Å². The molecule has 1 aromatic rings. The highest BCUT2D eigenvalue weighted by Crippen LogP contribution is 2.29. The number of ether oxygens (including phenoxy) is 3. The minimum Gasteiger partial charge on any atom is -0.390 e. The van der Waals surface area contributed by atoms with Crippen molar-refractivity contribution >= 4 is 0 Å². The summed E-state index contributed by atoms with van der Waals surface area (Å²) in [5.74, 6) is 0. The molecule has 2 fully saturated rings. The number of aliphatic hydroxyl groups is 1. The van der Waals surface area contributed by atoms with E-state index in [4.69, 9.17) is 14.2 Å². The monoisotopic (exact) mass is 320 g/mol. The first-order chi connectivity index (χ1) is 11.3. The van der Waals surface area contributed by atoms with Crippen molar-refractivity contribution in [3.8, 4) is 0 Å². The lowest BCUT2D eigenvalue weighted by atomic mass is 10.0. The lowest BCUT2D eigenvalue weighted by molar-refractivity contribution is -0.136. The maximum absolute atomic E-state index is 10.3. The van der Waals surface area contributed by atoms with Crippen LogP contribution in [0.1, 0.15) is 44.1 Å². The number of fused-ring (bicyclic) bond motifs is 1. The standard InChI is InChI=1S/C19H28O4/c20-16-10-11-18-19(9-5-13-22-18)23-17(16)8-4-12-21-14-15-6-2-1-3-7-15/h1-3,6-7,16-20H,4-5,8-14H2/t16-,17+,18+,19-/m1/s1. The van der Waals surface area contributed by atoms with Crippen LogP contribution in [0.4, 0.5) is 0 Å². The van der Waals surface area contributed by atoms with Gasteiger partial charge < -0.3 is 19.3 Å². The number of aliphatic hydroxyl groups excluding tert-OH is 1. The molecule has 0 bridgehead atoms. The molecule has 0 unspecified atom stereocenters. The van der Waals surface area contributed by atoms with Gasteiger partial charge in [0.25, 0.3) is 0 Å². The second kappa shape index (κ2) is 8.78. The second-order valence-electron chi connectivity index (χ2n) is 6.59. The topological polar surface area (TPSA) is 47.9 Å². The minimum atomic E-state index is -0.377. The number of hydrogen-bond donors (Lipinski definition) is 1. The van der Waals surface area contributed by atoms with E-state index in [1.807, 2.05) is 18.2 Å². The molecule has 4 heteroatoms. The van der Waals surface area contributed by atoms with Gasteiger partial charge in [-0.3, -0.25) is 0 Å². The molecule has 4 nitrogen and oxygen atoms in total. The van der Waals surface area contributed by atoms with Crippen LogP contribution in [-0.4, -0.2) is 42.7 Å². The SMILES string of the molecule is O[C@@H]1CC[C@@H]2OCCC[C@H]2O[C@H]1CCCOCc1ccccc1. The van der Waals surface area contributed by atoms with Crippen molar-refractivity contribution in [1.82, 2.24) is 0 Å². The summed E-state index contributed by atoms with van der Waals surface area (Å²) in [4.78, 5) is 0. The Labute approximate surface area is 138 Å². The quantitative estimate of drug-likeness (QED) is 0.818. The molecular weight excluding hydrogens is 292 g/mol. The summed E-state index contributed by atoms with van der Waals surface area (Å²) < 4.78 is 17.7. The van der Waals surface area contributed by atoms with E-state index < -0.39 is 0 Å². The third kappa shape index (κ3) is 5.01. The van der Waals surface area contributed by atoms with Crippen LogP contribution >= 0.6 is 0 Å². The van der Waals surface area contributed by atoms with Crippen molar-refractivity contribution in [2.45, 2.75) is 69.5 Å². The van der Waals surface area contributed by atoms with Crippen LogP contribution in [0.2, 0.25) is 0 Å². The third-order valence-corrected chi connectivity index (χ3v) is 4.79. The first kappa shape index (κ1) is 16.9. The van der Waals surface area contributed by atoms with Crippen molar-refractivity contribution in [2.24, 2.45) is 0 Å². The summed E-state index contributed by atoms with van der Waals surface area (Å²) in [5, 5.41) is 10.3. The van der Waals surface area contributed by atoms with Crippen LogP contribution in [0.5, 0.6) is 0 Å². The highest BCUT2D eigenvalue weighted by Gasteiger charge is 2.35. The first-order valence-corrected chi connectivity index (χ1v) is 8.90. The maximum Gasteiger partial charge on any atom is 0.0842 e. The molecule has 0 aromatic heterocycles. The Balaban J connectivity index is 1.38. The normalized spacial score (nSPS) is 31.3. The fourth-order valence-corrected chi connectivity index (χ4v) is 3.48. The summed E-state index contributed by atoms with van der Waals surface area (Å²) in [6, 6.07) is 10.2. The van der Waals surface area contributed by atoms with Gasteiger partial charge in [-0.25, -0.2) is 0 Å². The Bertz CT molecular complexity index is 450. The lowest BCUT2D eigenvalue weighted by Crippen LogP contribution is -2.38. The maximum atomic E-state index is 10.3. The van der Waals surface area contributed by atoms with Crippen molar-refractivity contribution in [1.29, 1.82) is 0 Å². The van der Waals surface area contributed by atoms with Crippen molar-refractivity contribution in [3.63, 3.8) is 0 Å². The van der Waals surface area contributed by atoms with E-state index in [1.54, 1.807) is 0 Å². The number of rotatable bonds is 6. The summed E-state index contributed by atoms with van der Waals surface area (Å²) in [6.07, 6.45) is 5.44. The molecule has 3 rings (SSSR count). The highest BCUT2D eigenvalue weighted by atomic mass is 16.6. The van der Waals surface area contributed by atoms with Crippen LogP contribution < -0.4 is 0 Å². The molecule has 0 spiro atoms.